The molecule has 0 spiro atoms. The largest absolute Gasteiger partial charge is 0.468 e. The van der Waals surface area contributed by atoms with Crippen molar-refractivity contribution in [3.8, 4) is 0 Å². The van der Waals surface area contributed by atoms with Crippen LogP contribution in [-0.2, 0) is 9.53 Å². The van der Waals surface area contributed by atoms with E-state index in [9.17, 15) is 14.9 Å². The highest BCUT2D eigenvalue weighted by atomic mass is 16.7. The van der Waals surface area contributed by atoms with E-state index in [4.69, 9.17) is 9.15 Å². The Labute approximate surface area is 115 Å². The summed E-state index contributed by atoms with van der Waals surface area (Å²) in [5.41, 5.74) is 0.191. The summed E-state index contributed by atoms with van der Waals surface area (Å²) in [6.07, 6.45) is 1.08. The normalized spacial score (nSPS) is 28.2. The molecule has 0 N–H and O–H groups in total. The summed E-state index contributed by atoms with van der Waals surface area (Å²) in [6, 6.07) is 3.30. The van der Waals surface area contributed by atoms with Crippen molar-refractivity contribution in [3.05, 3.63) is 45.6 Å². The molecule has 1 aromatic heterocycles. The van der Waals surface area contributed by atoms with Crippen LogP contribution >= 0.6 is 0 Å². The predicted molar refractivity (Wildman–Crippen MR) is 68.4 cm³/mol. The number of hydrogen-bond acceptors (Lipinski definition) is 5. The zero-order valence-corrected chi connectivity index (χ0v) is 11.3. The standard InChI is InChI=1S/C14H15NO5/c1-14(2)6-8(16)11-10(7-14)20-13(15(17)18)12(11)9-4-3-5-19-9/h3-5,12-13H,6-7H2,1-2H3. The smallest absolute Gasteiger partial charge is 0.367 e. The summed E-state index contributed by atoms with van der Waals surface area (Å²) in [5, 5.41) is 11.2. The van der Waals surface area contributed by atoms with Crippen LogP contribution in [0.2, 0.25) is 0 Å². The maximum atomic E-state index is 12.4. The quantitative estimate of drug-likeness (QED) is 0.613. The van der Waals surface area contributed by atoms with Crippen molar-refractivity contribution in [1.29, 1.82) is 0 Å². The molecule has 106 valence electrons. The van der Waals surface area contributed by atoms with Gasteiger partial charge >= 0.3 is 6.23 Å². The lowest BCUT2D eigenvalue weighted by Gasteiger charge is -2.28. The van der Waals surface area contributed by atoms with E-state index in [1.54, 1.807) is 12.1 Å². The summed E-state index contributed by atoms with van der Waals surface area (Å²) in [6.45, 7) is 3.92. The molecule has 0 bridgehead atoms. The van der Waals surface area contributed by atoms with E-state index in [1.807, 2.05) is 13.8 Å². The van der Waals surface area contributed by atoms with Crippen LogP contribution in [0, 0.1) is 15.5 Å². The van der Waals surface area contributed by atoms with Crippen LogP contribution in [0.25, 0.3) is 0 Å². The molecule has 2 unspecified atom stereocenters. The molecular formula is C14H15NO5. The van der Waals surface area contributed by atoms with Gasteiger partial charge in [0.25, 0.3) is 0 Å². The Morgan fingerprint density at radius 3 is 2.75 bits per heavy atom. The SMILES string of the molecule is CC1(C)CC(=O)C2=C(C1)OC([N+](=O)[O-])C2c1ccco1. The number of carbonyl (C=O) groups is 1. The van der Waals surface area contributed by atoms with E-state index in [-0.39, 0.29) is 11.2 Å². The molecule has 20 heavy (non-hydrogen) atoms. The molecule has 2 heterocycles. The number of rotatable bonds is 2. The zero-order chi connectivity index (χ0) is 14.5. The lowest BCUT2D eigenvalue weighted by molar-refractivity contribution is -0.570. The van der Waals surface area contributed by atoms with Crippen molar-refractivity contribution in [3.63, 3.8) is 0 Å². The van der Waals surface area contributed by atoms with Crippen molar-refractivity contribution in [2.75, 3.05) is 0 Å². The van der Waals surface area contributed by atoms with Crippen molar-refractivity contribution >= 4 is 5.78 Å². The van der Waals surface area contributed by atoms with Gasteiger partial charge in [-0.15, -0.1) is 0 Å². The molecule has 3 rings (SSSR count). The summed E-state index contributed by atoms with van der Waals surface area (Å²) in [5.74, 6) is 0.0414. The molecule has 0 radical (unpaired) electrons. The first-order valence-corrected chi connectivity index (χ1v) is 6.49. The van der Waals surface area contributed by atoms with E-state index in [2.05, 4.69) is 0 Å². The van der Waals surface area contributed by atoms with Crippen molar-refractivity contribution in [2.45, 2.75) is 38.8 Å². The first kappa shape index (κ1) is 12.9. The number of Topliss-reactive ketones (excluding diaryl/α,β-unsaturated/α-hetero) is 1. The minimum absolute atomic E-state index is 0.0815. The summed E-state index contributed by atoms with van der Waals surface area (Å²) in [7, 11) is 0. The molecule has 6 nitrogen and oxygen atoms in total. The van der Waals surface area contributed by atoms with E-state index in [1.165, 1.54) is 6.26 Å². The fraction of sp³-hybridized carbons (Fsp3) is 0.500. The Morgan fingerprint density at radius 2 is 2.15 bits per heavy atom. The summed E-state index contributed by atoms with van der Waals surface area (Å²) < 4.78 is 10.7. The Morgan fingerprint density at radius 1 is 1.40 bits per heavy atom. The Kier molecular flexibility index (Phi) is 2.70. The van der Waals surface area contributed by atoms with Crippen molar-refractivity contribution < 1.29 is 18.9 Å². The van der Waals surface area contributed by atoms with Gasteiger partial charge in [0.15, 0.2) is 11.7 Å². The average molecular weight is 277 g/mol. The van der Waals surface area contributed by atoms with Gasteiger partial charge in [-0.3, -0.25) is 14.9 Å². The Bertz CT molecular complexity index is 599. The first-order valence-electron chi connectivity index (χ1n) is 6.49. The Balaban J connectivity index is 2.07. The second-order valence-corrected chi connectivity index (χ2v) is 6.06. The lowest BCUT2D eigenvalue weighted by Crippen LogP contribution is -2.28. The number of ether oxygens (including phenoxy) is 1. The molecule has 0 fully saturated rings. The third-order valence-corrected chi connectivity index (χ3v) is 3.80. The van der Waals surface area contributed by atoms with E-state index >= 15 is 0 Å². The van der Waals surface area contributed by atoms with E-state index in [0.717, 1.165) is 0 Å². The fourth-order valence-corrected chi connectivity index (χ4v) is 3.00. The maximum Gasteiger partial charge on any atom is 0.367 e. The van der Waals surface area contributed by atoms with Crippen molar-refractivity contribution in [1.82, 2.24) is 0 Å². The third-order valence-electron chi connectivity index (χ3n) is 3.80. The number of nitro groups is 1. The summed E-state index contributed by atoms with van der Waals surface area (Å²) in [4.78, 5) is 23.1. The molecular weight excluding hydrogens is 262 g/mol. The van der Waals surface area contributed by atoms with E-state index in [0.29, 0.717) is 29.9 Å². The van der Waals surface area contributed by atoms with Crippen LogP contribution in [0.4, 0.5) is 0 Å². The molecule has 0 aromatic carbocycles. The van der Waals surface area contributed by atoms with Crippen LogP contribution < -0.4 is 0 Å². The topological polar surface area (TPSA) is 82.6 Å². The predicted octanol–water partition coefficient (Wildman–Crippen LogP) is 2.64. The number of nitrogens with zero attached hydrogens (tertiary/aromatic N) is 1. The van der Waals surface area contributed by atoms with Crippen LogP contribution in [-0.4, -0.2) is 16.9 Å². The van der Waals surface area contributed by atoms with E-state index < -0.39 is 17.1 Å². The van der Waals surface area contributed by atoms with Crippen LogP contribution in [0.1, 0.15) is 38.4 Å². The van der Waals surface area contributed by atoms with Gasteiger partial charge in [0.2, 0.25) is 0 Å². The molecule has 1 aliphatic carbocycles. The second-order valence-electron chi connectivity index (χ2n) is 6.06. The highest BCUT2D eigenvalue weighted by Gasteiger charge is 2.52. The number of ketones is 1. The van der Waals surface area contributed by atoms with Gasteiger partial charge in [-0.05, 0) is 17.5 Å². The minimum atomic E-state index is -1.27. The molecule has 2 atom stereocenters. The van der Waals surface area contributed by atoms with Gasteiger partial charge in [-0.2, -0.15) is 0 Å². The van der Waals surface area contributed by atoms with Crippen molar-refractivity contribution in [2.24, 2.45) is 5.41 Å². The van der Waals surface area contributed by atoms with Gasteiger partial charge in [-0.25, -0.2) is 0 Å². The average Bonchev–Trinajstić information content (AvgIpc) is 2.91. The maximum absolute atomic E-state index is 12.4. The number of hydrogen-bond donors (Lipinski definition) is 0. The molecule has 6 heteroatoms. The number of allylic oxidation sites excluding steroid dienone is 1. The van der Waals surface area contributed by atoms with Gasteiger partial charge in [-0.1, -0.05) is 13.8 Å². The van der Waals surface area contributed by atoms with Crippen LogP contribution in [0.3, 0.4) is 0 Å². The van der Waals surface area contributed by atoms with Gasteiger partial charge in [0.1, 0.15) is 11.5 Å². The molecule has 0 saturated carbocycles. The minimum Gasteiger partial charge on any atom is -0.468 e. The Hall–Kier alpha value is -2.11. The molecule has 0 saturated heterocycles. The molecule has 1 aromatic rings. The lowest BCUT2D eigenvalue weighted by atomic mass is 9.74. The summed E-state index contributed by atoms with van der Waals surface area (Å²) >= 11 is 0. The number of furan rings is 1. The number of carbonyl (C=O) groups excluding carboxylic acids is 1. The molecule has 1 aliphatic heterocycles. The highest BCUT2D eigenvalue weighted by molar-refractivity contribution is 5.99. The van der Waals surface area contributed by atoms with Crippen LogP contribution in [0.15, 0.2) is 34.1 Å². The van der Waals surface area contributed by atoms with Gasteiger partial charge < -0.3 is 9.15 Å². The zero-order valence-electron chi connectivity index (χ0n) is 11.3. The first-order chi connectivity index (χ1) is 9.39. The molecule has 2 aliphatic rings. The van der Waals surface area contributed by atoms with Gasteiger partial charge in [0, 0.05) is 12.8 Å². The highest BCUT2D eigenvalue weighted by Crippen LogP contribution is 2.48. The monoisotopic (exact) mass is 277 g/mol. The fourth-order valence-electron chi connectivity index (χ4n) is 3.00. The third kappa shape index (κ3) is 1.92. The van der Waals surface area contributed by atoms with Crippen LogP contribution in [0.5, 0.6) is 0 Å². The van der Waals surface area contributed by atoms with Gasteiger partial charge in [0.05, 0.1) is 16.8 Å². The molecule has 0 amide bonds. The second kappa shape index (κ2) is 4.19.